The lowest BCUT2D eigenvalue weighted by molar-refractivity contribution is 0.174. The first-order valence-corrected chi connectivity index (χ1v) is 7.30. The number of rotatable bonds is 3. The predicted molar refractivity (Wildman–Crippen MR) is 79.5 cm³/mol. The highest BCUT2D eigenvalue weighted by molar-refractivity contribution is 9.09. The van der Waals surface area contributed by atoms with Gasteiger partial charge in [-0.2, -0.15) is 0 Å². The maximum atomic E-state index is 5.45. The minimum Gasteiger partial charge on any atom is -0.454 e. The average molecular weight is 323 g/mol. The molecular weight excluding hydrogens is 308 g/mol. The summed E-state index contributed by atoms with van der Waals surface area (Å²) in [6.07, 6.45) is 1.83. The van der Waals surface area contributed by atoms with Crippen LogP contribution in [0.2, 0.25) is 0 Å². The Kier molecular flexibility index (Phi) is 3.22. The van der Waals surface area contributed by atoms with Crippen molar-refractivity contribution in [2.24, 2.45) is 0 Å². The van der Waals surface area contributed by atoms with Crippen LogP contribution in [0.15, 0.2) is 24.4 Å². The fourth-order valence-electron chi connectivity index (χ4n) is 2.14. The van der Waals surface area contributed by atoms with Gasteiger partial charge in [0.25, 0.3) is 0 Å². The highest BCUT2D eigenvalue weighted by atomic mass is 79.9. The topological polar surface area (TPSA) is 34.6 Å². The third kappa shape index (κ3) is 2.12. The first-order chi connectivity index (χ1) is 9.20. The van der Waals surface area contributed by atoms with Crippen LogP contribution in [0.3, 0.4) is 0 Å². The number of hydrogen-bond acceptors (Lipinski definition) is 4. The largest absolute Gasteiger partial charge is 0.454 e. The molecule has 2 aromatic rings. The number of benzene rings is 1. The Morgan fingerprint density at radius 2 is 2.11 bits per heavy atom. The molecule has 0 aliphatic carbocycles. The zero-order valence-corrected chi connectivity index (χ0v) is 12.5. The number of halogens is 1. The summed E-state index contributed by atoms with van der Waals surface area (Å²) in [5.74, 6) is 2.56. The summed E-state index contributed by atoms with van der Waals surface area (Å²) in [5, 5.41) is 3.09. The van der Waals surface area contributed by atoms with Crippen LogP contribution in [0.1, 0.15) is 6.92 Å². The second-order valence-corrected chi connectivity index (χ2v) is 5.32. The minimum atomic E-state index is 0.294. The zero-order valence-electron chi connectivity index (χ0n) is 10.9. The maximum Gasteiger partial charge on any atom is 0.231 e. The second-order valence-electron chi connectivity index (χ2n) is 4.68. The Morgan fingerprint density at radius 3 is 2.84 bits per heavy atom. The van der Waals surface area contributed by atoms with Gasteiger partial charge in [0.15, 0.2) is 11.5 Å². The highest BCUT2D eigenvalue weighted by Crippen LogP contribution is 2.38. The molecule has 0 fully saturated rings. The lowest BCUT2D eigenvalue weighted by Crippen LogP contribution is -2.30. The van der Waals surface area contributed by atoms with Crippen molar-refractivity contribution in [3.63, 3.8) is 0 Å². The van der Waals surface area contributed by atoms with Gasteiger partial charge in [-0.25, -0.2) is 4.98 Å². The third-order valence-electron chi connectivity index (χ3n) is 3.46. The number of aromatic nitrogens is 1. The first kappa shape index (κ1) is 12.5. The van der Waals surface area contributed by atoms with E-state index in [-0.39, 0.29) is 0 Å². The molecule has 2 heterocycles. The fraction of sp³-hybridized carbons (Fsp3) is 0.357. The van der Waals surface area contributed by atoms with Gasteiger partial charge in [-0.15, -0.1) is 0 Å². The van der Waals surface area contributed by atoms with Gasteiger partial charge in [0.1, 0.15) is 5.82 Å². The van der Waals surface area contributed by atoms with Crippen LogP contribution >= 0.6 is 15.9 Å². The molecule has 0 saturated carbocycles. The van der Waals surface area contributed by atoms with E-state index in [1.807, 2.05) is 24.4 Å². The molecule has 1 atom stereocenters. The molecule has 100 valence electrons. The quantitative estimate of drug-likeness (QED) is 0.813. The molecule has 0 spiro atoms. The molecule has 0 radical (unpaired) electrons. The summed E-state index contributed by atoms with van der Waals surface area (Å²) in [6, 6.07) is 6.38. The van der Waals surface area contributed by atoms with E-state index in [4.69, 9.17) is 9.47 Å². The van der Waals surface area contributed by atoms with E-state index in [2.05, 4.69) is 39.8 Å². The Labute approximate surface area is 120 Å². The summed E-state index contributed by atoms with van der Waals surface area (Å²) in [7, 11) is 2.05. The SMILES string of the molecule is CC(CBr)N(C)c1nccc2cc3c(cc12)OCO3. The monoisotopic (exact) mass is 322 g/mol. The van der Waals surface area contributed by atoms with E-state index in [0.717, 1.165) is 33.4 Å². The van der Waals surface area contributed by atoms with Gasteiger partial charge in [-0.05, 0) is 30.5 Å². The zero-order chi connectivity index (χ0) is 13.4. The second kappa shape index (κ2) is 4.89. The Morgan fingerprint density at radius 1 is 1.37 bits per heavy atom. The van der Waals surface area contributed by atoms with Gasteiger partial charge in [0, 0.05) is 30.0 Å². The number of ether oxygens (including phenoxy) is 2. The number of anilines is 1. The number of pyridine rings is 1. The van der Waals surface area contributed by atoms with Crippen molar-refractivity contribution >= 4 is 32.5 Å². The van der Waals surface area contributed by atoms with Gasteiger partial charge in [0.05, 0.1) is 0 Å². The van der Waals surface area contributed by atoms with Gasteiger partial charge in [0.2, 0.25) is 6.79 Å². The molecule has 1 aliphatic rings. The lowest BCUT2D eigenvalue weighted by atomic mass is 10.1. The van der Waals surface area contributed by atoms with Crippen molar-refractivity contribution in [2.45, 2.75) is 13.0 Å². The number of alkyl halides is 1. The molecule has 0 saturated heterocycles. The summed E-state index contributed by atoms with van der Waals surface area (Å²) in [4.78, 5) is 6.68. The smallest absolute Gasteiger partial charge is 0.231 e. The molecule has 3 rings (SSSR count). The van der Waals surface area contributed by atoms with E-state index in [0.29, 0.717) is 12.8 Å². The third-order valence-corrected chi connectivity index (χ3v) is 4.39. The maximum absolute atomic E-state index is 5.45. The number of hydrogen-bond donors (Lipinski definition) is 0. The molecule has 1 aliphatic heterocycles. The summed E-state index contributed by atoms with van der Waals surface area (Å²) < 4.78 is 10.9. The predicted octanol–water partition coefficient (Wildman–Crippen LogP) is 3.18. The molecule has 4 nitrogen and oxygen atoms in total. The van der Waals surface area contributed by atoms with Crippen LogP contribution in [0, 0.1) is 0 Å². The summed E-state index contributed by atoms with van der Waals surface area (Å²) in [6.45, 7) is 2.45. The molecule has 0 N–H and O–H groups in total. The van der Waals surface area contributed by atoms with E-state index < -0.39 is 0 Å². The van der Waals surface area contributed by atoms with Crippen LogP contribution in [-0.4, -0.2) is 30.2 Å². The van der Waals surface area contributed by atoms with Crippen LogP contribution in [0.5, 0.6) is 11.5 Å². The van der Waals surface area contributed by atoms with Crippen molar-refractivity contribution in [1.82, 2.24) is 4.98 Å². The first-order valence-electron chi connectivity index (χ1n) is 6.18. The van der Waals surface area contributed by atoms with Gasteiger partial charge >= 0.3 is 0 Å². The molecule has 0 bridgehead atoms. The normalized spacial score (nSPS) is 14.7. The summed E-state index contributed by atoms with van der Waals surface area (Å²) >= 11 is 3.51. The van der Waals surface area contributed by atoms with Gasteiger partial charge in [-0.1, -0.05) is 15.9 Å². The Hall–Kier alpha value is -1.49. The molecule has 1 aromatic heterocycles. The Balaban J connectivity index is 2.15. The molecule has 19 heavy (non-hydrogen) atoms. The van der Waals surface area contributed by atoms with Gasteiger partial charge < -0.3 is 14.4 Å². The number of fused-ring (bicyclic) bond motifs is 2. The number of nitrogens with zero attached hydrogens (tertiary/aromatic N) is 2. The van der Waals surface area contributed by atoms with Crippen molar-refractivity contribution < 1.29 is 9.47 Å². The fourth-order valence-corrected chi connectivity index (χ4v) is 2.57. The van der Waals surface area contributed by atoms with Crippen LogP contribution < -0.4 is 14.4 Å². The van der Waals surface area contributed by atoms with E-state index >= 15 is 0 Å². The molecule has 1 aromatic carbocycles. The lowest BCUT2D eigenvalue weighted by Gasteiger charge is -2.25. The Bertz CT molecular complexity index is 618. The van der Waals surface area contributed by atoms with Crippen LogP contribution in [0.4, 0.5) is 5.82 Å². The minimum absolute atomic E-state index is 0.294. The summed E-state index contributed by atoms with van der Waals surface area (Å²) in [5.41, 5.74) is 0. The van der Waals surface area contributed by atoms with E-state index in [1.165, 1.54) is 0 Å². The van der Waals surface area contributed by atoms with Crippen molar-refractivity contribution in [2.75, 3.05) is 24.1 Å². The highest BCUT2D eigenvalue weighted by Gasteiger charge is 2.18. The van der Waals surface area contributed by atoms with Crippen molar-refractivity contribution in [3.05, 3.63) is 24.4 Å². The standard InChI is InChI=1S/C14H15BrN2O2/c1-9(7-15)17(2)14-11-6-13-12(18-8-19-13)5-10(11)3-4-16-14/h3-6,9H,7-8H2,1-2H3. The molecule has 0 amide bonds. The van der Waals surface area contributed by atoms with E-state index in [1.54, 1.807) is 0 Å². The van der Waals surface area contributed by atoms with Crippen LogP contribution in [0.25, 0.3) is 10.8 Å². The van der Waals surface area contributed by atoms with E-state index in [9.17, 15) is 0 Å². The van der Waals surface area contributed by atoms with Crippen molar-refractivity contribution in [3.8, 4) is 11.5 Å². The van der Waals surface area contributed by atoms with Crippen LogP contribution in [-0.2, 0) is 0 Å². The molecule has 1 unspecified atom stereocenters. The average Bonchev–Trinajstić information content (AvgIpc) is 2.89. The molecular formula is C14H15BrN2O2. The van der Waals surface area contributed by atoms with Crippen molar-refractivity contribution in [1.29, 1.82) is 0 Å². The van der Waals surface area contributed by atoms with Gasteiger partial charge in [-0.3, -0.25) is 0 Å². The molecule has 5 heteroatoms.